The molecule has 0 aliphatic carbocycles. The number of hydrogen-bond acceptors (Lipinski definition) is 5. The van der Waals surface area contributed by atoms with Crippen LogP contribution in [0.15, 0.2) is 35.5 Å². The van der Waals surface area contributed by atoms with Crippen LogP contribution < -0.4 is 9.80 Å². The van der Waals surface area contributed by atoms with Crippen LogP contribution in [0.1, 0.15) is 33.1 Å². The fraction of sp³-hybridized carbons (Fsp3) is 0.591. The smallest absolute Gasteiger partial charge is 0.236 e. The van der Waals surface area contributed by atoms with Gasteiger partial charge in [0.15, 0.2) is 5.16 Å². The van der Waals surface area contributed by atoms with Gasteiger partial charge in [0.2, 0.25) is 11.9 Å². The van der Waals surface area contributed by atoms with E-state index >= 15 is 0 Å². The first-order chi connectivity index (χ1) is 14.7. The summed E-state index contributed by atoms with van der Waals surface area (Å²) in [7, 11) is 0. The van der Waals surface area contributed by atoms with Crippen LogP contribution in [0, 0.1) is 0 Å². The number of thioether (sulfide) groups is 1. The van der Waals surface area contributed by atoms with Crippen molar-refractivity contribution in [3.8, 4) is 5.69 Å². The molecule has 4 rings (SSSR count). The largest absolute Gasteiger partial charge is 0.341 e. The quantitative estimate of drug-likeness (QED) is 0.705. The molecule has 2 saturated heterocycles. The number of hydrogen-bond donors (Lipinski definition) is 1. The van der Waals surface area contributed by atoms with E-state index in [4.69, 9.17) is 0 Å². The number of likely N-dealkylation sites (N-methyl/N-ethyl adjacent to an activating group) is 1. The molecule has 3 heterocycles. The Morgan fingerprint density at radius 1 is 1.07 bits per heavy atom. The summed E-state index contributed by atoms with van der Waals surface area (Å²) in [6.45, 7) is 11.1. The third-order valence-corrected chi connectivity index (χ3v) is 7.21. The second-order valence-corrected chi connectivity index (χ2v) is 9.50. The maximum absolute atomic E-state index is 13.1. The van der Waals surface area contributed by atoms with Gasteiger partial charge >= 0.3 is 0 Å². The third-order valence-electron chi connectivity index (χ3n) is 6.18. The topological polar surface area (TPSA) is 58.7 Å². The molecule has 0 unspecified atom stereocenters. The first-order valence-electron chi connectivity index (χ1n) is 11.2. The lowest BCUT2D eigenvalue weighted by Crippen LogP contribution is -3.14. The maximum atomic E-state index is 13.1. The first kappa shape index (κ1) is 21.2. The van der Waals surface area contributed by atoms with Crippen molar-refractivity contribution in [2.24, 2.45) is 0 Å². The van der Waals surface area contributed by atoms with Gasteiger partial charge in [0, 0.05) is 13.1 Å². The SMILES string of the molecule is CC[NH+]1CCN(C(=O)[C@H](C)Sc2nnc(N3CCCCC3)n2-c2ccccc2)CC1. The van der Waals surface area contributed by atoms with Crippen molar-refractivity contribution < 1.29 is 9.69 Å². The maximum Gasteiger partial charge on any atom is 0.236 e. The Kier molecular flexibility index (Phi) is 6.94. The van der Waals surface area contributed by atoms with Crippen LogP contribution in [0.2, 0.25) is 0 Å². The van der Waals surface area contributed by atoms with Gasteiger partial charge in [-0.05, 0) is 45.2 Å². The number of piperazine rings is 1. The average molecular weight is 430 g/mol. The van der Waals surface area contributed by atoms with Gasteiger partial charge < -0.3 is 14.7 Å². The molecule has 2 aromatic rings. The number of benzene rings is 1. The summed E-state index contributed by atoms with van der Waals surface area (Å²) in [4.78, 5) is 19.0. The number of quaternary nitrogens is 1. The number of para-hydroxylation sites is 1. The molecule has 30 heavy (non-hydrogen) atoms. The summed E-state index contributed by atoms with van der Waals surface area (Å²) in [6.07, 6.45) is 3.64. The van der Waals surface area contributed by atoms with Gasteiger partial charge in [-0.2, -0.15) is 0 Å². The second kappa shape index (κ2) is 9.83. The molecule has 0 bridgehead atoms. The lowest BCUT2D eigenvalue weighted by atomic mass is 10.1. The molecule has 2 fully saturated rings. The minimum atomic E-state index is -0.186. The average Bonchev–Trinajstić information content (AvgIpc) is 3.23. The molecule has 1 aromatic heterocycles. The van der Waals surface area contributed by atoms with Crippen molar-refractivity contribution in [1.82, 2.24) is 19.7 Å². The lowest BCUT2D eigenvalue weighted by molar-refractivity contribution is -0.902. The van der Waals surface area contributed by atoms with Crippen LogP contribution in [-0.4, -0.2) is 76.6 Å². The molecule has 8 heteroatoms. The van der Waals surface area contributed by atoms with Gasteiger partial charge in [-0.3, -0.25) is 9.36 Å². The zero-order valence-electron chi connectivity index (χ0n) is 18.1. The normalized spacial score (nSPS) is 19.1. The Hall–Kier alpha value is -2.06. The fourth-order valence-electron chi connectivity index (χ4n) is 4.30. The van der Waals surface area contributed by atoms with Gasteiger partial charge in [0.1, 0.15) is 0 Å². The van der Waals surface area contributed by atoms with E-state index in [1.165, 1.54) is 31.0 Å². The van der Waals surface area contributed by atoms with E-state index in [-0.39, 0.29) is 11.2 Å². The molecule has 1 amide bonds. The summed E-state index contributed by atoms with van der Waals surface area (Å²) < 4.78 is 2.12. The van der Waals surface area contributed by atoms with Crippen LogP contribution in [0.5, 0.6) is 0 Å². The molecular weight excluding hydrogens is 396 g/mol. The zero-order valence-corrected chi connectivity index (χ0v) is 18.9. The third kappa shape index (κ3) is 4.64. The van der Waals surface area contributed by atoms with Gasteiger partial charge in [-0.25, -0.2) is 0 Å². The van der Waals surface area contributed by atoms with E-state index < -0.39 is 0 Å². The number of nitrogens with zero attached hydrogens (tertiary/aromatic N) is 5. The molecular formula is C22H33N6OS+. The van der Waals surface area contributed by atoms with E-state index in [2.05, 4.69) is 38.7 Å². The number of anilines is 1. The highest BCUT2D eigenvalue weighted by Gasteiger charge is 2.29. The lowest BCUT2D eigenvalue weighted by Gasteiger charge is -2.33. The zero-order chi connectivity index (χ0) is 20.9. The molecule has 1 atom stereocenters. The summed E-state index contributed by atoms with van der Waals surface area (Å²) in [5, 5.41) is 9.68. The van der Waals surface area contributed by atoms with Crippen LogP contribution in [0.4, 0.5) is 5.95 Å². The van der Waals surface area contributed by atoms with Crippen LogP contribution in [0.25, 0.3) is 5.69 Å². The summed E-state index contributed by atoms with van der Waals surface area (Å²) in [5.74, 6) is 1.10. The number of carbonyl (C=O) groups excluding carboxylic acids is 1. The van der Waals surface area contributed by atoms with Crippen LogP contribution in [-0.2, 0) is 4.79 Å². The Morgan fingerprint density at radius 2 is 1.77 bits per heavy atom. The number of amides is 1. The van der Waals surface area contributed by atoms with Gasteiger partial charge in [-0.15, -0.1) is 10.2 Å². The van der Waals surface area contributed by atoms with Crippen molar-refractivity contribution in [3.63, 3.8) is 0 Å². The molecule has 1 aromatic carbocycles. The van der Waals surface area contributed by atoms with Gasteiger partial charge in [0.25, 0.3) is 0 Å². The Bertz CT molecular complexity index is 827. The molecule has 7 nitrogen and oxygen atoms in total. The predicted molar refractivity (Wildman–Crippen MR) is 121 cm³/mol. The highest BCUT2D eigenvalue weighted by Crippen LogP contribution is 2.31. The highest BCUT2D eigenvalue weighted by molar-refractivity contribution is 8.00. The van der Waals surface area contributed by atoms with E-state index in [0.29, 0.717) is 0 Å². The van der Waals surface area contributed by atoms with Gasteiger partial charge in [-0.1, -0.05) is 30.0 Å². The van der Waals surface area contributed by atoms with Crippen molar-refractivity contribution in [2.75, 3.05) is 50.7 Å². The van der Waals surface area contributed by atoms with Gasteiger partial charge in [0.05, 0.1) is 43.7 Å². The van der Waals surface area contributed by atoms with Crippen LogP contribution >= 0.6 is 11.8 Å². The second-order valence-electron chi connectivity index (χ2n) is 8.19. The van der Waals surface area contributed by atoms with E-state index in [0.717, 1.165) is 62.6 Å². The number of rotatable bonds is 6. The first-order valence-corrected chi connectivity index (χ1v) is 12.1. The fourth-order valence-corrected chi connectivity index (χ4v) is 5.25. The highest BCUT2D eigenvalue weighted by atomic mass is 32.2. The van der Waals surface area contributed by atoms with Crippen molar-refractivity contribution in [1.29, 1.82) is 0 Å². The molecule has 2 aliphatic heterocycles. The monoisotopic (exact) mass is 429 g/mol. The number of piperidine rings is 1. The minimum absolute atomic E-state index is 0.186. The number of carbonyl (C=O) groups is 1. The molecule has 162 valence electrons. The van der Waals surface area contributed by atoms with Crippen molar-refractivity contribution in [3.05, 3.63) is 30.3 Å². The van der Waals surface area contributed by atoms with Crippen molar-refractivity contribution in [2.45, 2.75) is 43.5 Å². The summed E-state index contributed by atoms with van der Waals surface area (Å²) in [5.41, 5.74) is 1.05. The summed E-state index contributed by atoms with van der Waals surface area (Å²) >= 11 is 1.52. The van der Waals surface area contributed by atoms with Crippen molar-refractivity contribution >= 4 is 23.6 Å². The molecule has 1 N–H and O–H groups in total. The van der Waals surface area contributed by atoms with E-state index in [9.17, 15) is 4.79 Å². The molecule has 0 radical (unpaired) electrons. The standard InChI is InChI=1S/C22H32N6OS/c1-3-25-14-16-26(17-15-25)20(29)18(2)30-22-24-23-21(27-12-8-5-9-13-27)28(22)19-10-6-4-7-11-19/h4,6-7,10-11,18H,3,5,8-9,12-17H2,1-2H3/p+1/t18-/m0/s1. The Balaban J connectivity index is 1.53. The number of aromatic nitrogens is 3. The molecule has 2 aliphatic rings. The summed E-state index contributed by atoms with van der Waals surface area (Å²) in [6, 6.07) is 10.3. The Morgan fingerprint density at radius 3 is 2.43 bits per heavy atom. The molecule has 0 saturated carbocycles. The van der Waals surface area contributed by atoms with Crippen LogP contribution in [0.3, 0.4) is 0 Å². The van der Waals surface area contributed by atoms with E-state index in [1.807, 2.05) is 30.0 Å². The Labute approximate surface area is 183 Å². The minimum Gasteiger partial charge on any atom is -0.341 e. The number of nitrogens with one attached hydrogen (secondary N) is 1. The molecule has 0 spiro atoms. The van der Waals surface area contributed by atoms with E-state index in [1.54, 1.807) is 4.90 Å². The predicted octanol–water partition coefficient (Wildman–Crippen LogP) is 1.49.